The van der Waals surface area contributed by atoms with Crippen molar-refractivity contribution in [1.82, 2.24) is 9.88 Å². The van der Waals surface area contributed by atoms with Crippen LogP contribution in [0.15, 0.2) is 18.2 Å². The van der Waals surface area contributed by atoms with Gasteiger partial charge in [-0.05, 0) is 12.6 Å². The maximum atomic E-state index is 11.2. The van der Waals surface area contributed by atoms with Gasteiger partial charge in [-0.25, -0.2) is 4.98 Å². The lowest BCUT2D eigenvalue weighted by molar-refractivity contribution is -0.142. The molecule has 1 rings (SSSR count). The fraction of sp³-hybridized carbons (Fsp3) is 0.500. The number of nitrogens with zero attached hydrogens (tertiary/aromatic N) is 2. The van der Waals surface area contributed by atoms with Crippen molar-refractivity contribution in [1.29, 1.82) is 0 Å². The Bertz CT molecular complexity index is 369. The van der Waals surface area contributed by atoms with Gasteiger partial charge < -0.3 is 9.47 Å². The van der Waals surface area contributed by atoms with E-state index in [1.165, 1.54) is 7.11 Å². The molecule has 0 aliphatic rings. The van der Waals surface area contributed by atoms with E-state index in [2.05, 4.69) is 9.72 Å². The Morgan fingerprint density at radius 1 is 1.41 bits per heavy atom. The van der Waals surface area contributed by atoms with Gasteiger partial charge in [0.1, 0.15) is 0 Å². The molecule has 0 aliphatic carbocycles. The average molecular weight is 238 g/mol. The molecule has 0 atom stereocenters. The van der Waals surface area contributed by atoms with Crippen LogP contribution in [0.3, 0.4) is 0 Å². The molecule has 94 valence electrons. The summed E-state index contributed by atoms with van der Waals surface area (Å²) in [6.45, 7) is 3.62. The van der Waals surface area contributed by atoms with Crippen molar-refractivity contribution < 1.29 is 14.3 Å². The summed E-state index contributed by atoms with van der Waals surface area (Å²) in [6.07, 6.45) is 0. The van der Waals surface area contributed by atoms with E-state index >= 15 is 0 Å². The van der Waals surface area contributed by atoms with Gasteiger partial charge in [-0.15, -0.1) is 0 Å². The second-order valence-electron chi connectivity index (χ2n) is 3.55. The zero-order valence-electron chi connectivity index (χ0n) is 10.5. The highest BCUT2D eigenvalue weighted by Gasteiger charge is 2.10. The normalized spacial score (nSPS) is 10.4. The summed E-state index contributed by atoms with van der Waals surface area (Å²) in [5, 5.41) is 0. The third-order valence-electron chi connectivity index (χ3n) is 2.40. The SMILES string of the molecule is CCN(CC(=O)OC)Cc1cccc(OC)n1. The van der Waals surface area contributed by atoms with E-state index in [4.69, 9.17) is 4.74 Å². The summed E-state index contributed by atoms with van der Waals surface area (Å²) in [7, 11) is 2.97. The van der Waals surface area contributed by atoms with Gasteiger partial charge in [-0.1, -0.05) is 13.0 Å². The summed E-state index contributed by atoms with van der Waals surface area (Å²) in [5.74, 6) is 0.339. The van der Waals surface area contributed by atoms with Crippen LogP contribution < -0.4 is 4.74 Å². The second kappa shape index (κ2) is 6.85. The lowest BCUT2D eigenvalue weighted by atomic mass is 10.3. The number of methoxy groups -OCH3 is 2. The van der Waals surface area contributed by atoms with E-state index in [0.717, 1.165) is 12.2 Å². The first-order chi connectivity index (χ1) is 8.19. The highest BCUT2D eigenvalue weighted by molar-refractivity contribution is 5.71. The third kappa shape index (κ3) is 4.40. The predicted octanol–water partition coefficient (Wildman–Crippen LogP) is 1.09. The Morgan fingerprint density at radius 3 is 2.76 bits per heavy atom. The van der Waals surface area contributed by atoms with Gasteiger partial charge in [0.25, 0.3) is 0 Å². The van der Waals surface area contributed by atoms with Crippen molar-refractivity contribution in [3.05, 3.63) is 23.9 Å². The van der Waals surface area contributed by atoms with Crippen molar-refractivity contribution in [3.8, 4) is 5.88 Å². The lowest BCUT2D eigenvalue weighted by Crippen LogP contribution is -2.30. The Balaban J connectivity index is 2.63. The first-order valence-corrected chi connectivity index (χ1v) is 5.48. The molecular formula is C12H18N2O3. The number of rotatable bonds is 6. The number of carbonyl (C=O) groups is 1. The minimum absolute atomic E-state index is 0.241. The van der Waals surface area contributed by atoms with Gasteiger partial charge in [0.05, 0.1) is 26.5 Å². The van der Waals surface area contributed by atoms with E-state index in [1.54, 1.807) is 13.2 Å². The zero-order chi connectivity index (χ0) is 12.7. The molecule has 0 saturated carbocycles. The van der Waals surface area contributed by atoms with E-state index in [1.807, 2.05) is 24.0 Å². The minimum atomic E-state index is -0.241. The molecule has 1 heterocycles. The molecule has 17 heavy (non-hydrogen) atoms. The van der Waals surface area contributed by atoms with Crippen LogP contribution in [0.4, 0.5) is 0 Å². The second-order valence-corrected chi connectivity index (χ2v) is 3.55. The molecule has 0 N–H and O–H groups in total. The van der Waals surface area contributed by atoms with Crippen molar-refractivity contribution in [2.24, 2.45) is 0 Å². The lowest BCUT2D eigenvalue weighted by Gasteiger charge is -2.18. The number of ether oxygens (including phenoxy) is 2. The highest BCUT2D eigenvalue weighted by Crippen LogP contribution is 2.08. The number of aromatic nitrogens is 1. The summed E-state index contributed by atoms with van der Waals surface area (Å²) < 4.78 is 9.69. The van der Waals surface area contributed by atoms with Crippen LogP contribution >= 0.6 is 0 Å². The van der Waals surface area contributed by atoms with Gasteiger partial charge >= 0.3 is 5.97 Å². The van der Waals surface area contributed by atoms with E-state index in [-0.39, 0.29) is 12.5 Å². The fourth-order valence-electron chi connectivity index (χ4n) is 1.42. The van der Waals surface area contributed by atoms with Crippen molar-refractivity contribution in [3.63, 3.8) is 0 Å². The Labute approximate surface area is 101 Å². The Hall–Kier alpha value is -1.62. The largest absolute Gasteiger partial charge is 0.481 e. The standard InChI is InChI=1S/C12H18N2O3/c1-4-14(9-12(15)17-3)8-10-6-5-7-11(13-10)16-2/h5-7H,4,8-9H2,1-3H3. The van der Waals surface area contributed by atoms with Gasteiger partial charge in [-0.2, -0.15) is 0 Å². The monoisotopic (exact) mass is 238 g/mol. The van der Waals surface area contributed by atoms with Crippen molar-refractivity contribution in [2.45, 2.75) is 13.5 Å². The van der Waals surface area contributed by atoms with Gasteiger partial charge in [0.15, 0.2) is 0 Å². The first kappa shape index (κ1) is 13.4. The number of carbonyl (C=O) groups excluding carboxylic acids is 1. The van der Waals surface area contributed by atoms with Crippen LogP contribution in [0.1, 0.15) is 12.6 Å². The van der Waals surface area contributed by atoms with Crippen molar-refractivity contribution in [2.75, 3.05) is 27.3 Å². The van der Waals surface area contributed by atoms with Crippen LogP contribution in [0.5, 0.6) is 5.88 Å². The van der Waals surface area contributed by atoms with E-state index < -0.39 is 0 Å². The maximum absolute atomic E-state index is 11.2. The van der Waals surface area contributed by atoms with Crippen molar-refractivity contribution >= 4 is 5.97 Å². The topological polar surface area (TPSA) is 51.7 Å². The smallest absolute Gasteiger partial charge is 0.319 e. The molecule has 0 spiro atoms. The minimum Gasteiger partial charge on any atom is -0.481 e. The first-order valence-electron chi connectivity index (χ1n) is 5.48. The molecule has 0 amide bonds. The average Bonchev–Trinajstić information content (AvgIpc) is 2.37. The Morgan fingerprint density at radius 2 is 2.18 bits per heavy atom. The maximum Gasteiger partial charge on any atom is 0.319 e. The molecule has 0 bridgehead atoms. The van der Waals surface area contributed by atoms with Gasteiger partial charge in [0.2, 0.25) is 5.88 Å². The summed E-state index contributed by atoms with van der Waals surface area (Å²) >= 11 is 0. The molecule has 0 aliphatic heterocycles. The number of likely N-dealkylation sites (N-methyl/N-ethyl adjacent to an activating group) is 1. The quantitative estimate of drug-likeness (QED) is 0.694. The molecule has 5 heteroatoms. The van der Waals surface area contributed by atoms with Crippen LogP contribution in [0.25, 0.3) is 0 Å². The highest BCUT2D eigenvalue weighted by atomic mass is 16.5. The molecule has 0 aromatic carbocycles. The predicted molar refractivity (Wildman–Crippen MR) is 63.8 cm³/mol. The molecular weight excluding hydrogens is 220 g/mol. The number of hydrogen-bond donors (Lipinski definition) is 0. The molecule has 5 nitrogen and oxygen atoms in total. The molecule has 0 saturated heterocycles. The van der Waals surface area contributed by atoms with E-state index in [0.29, 0.717) is 12.4 Å². The molecule has 0 radical (unpaired) electrons. The Kier molecular flexibility index (Phi) is 5.42. The third-order valence-corrected chi connectivity index (χ3v) is 2.40. The van der Waals surface area contributed by atoms with E-state index in [9.17, 15) is 4.79 Å². The van der Waals surface area contributed by atoms with Crippen LogP contribution in [-0.4, -0.2) is 43.2 Å². The number of hydrogen-bond acceptors (Lipinski definition) is 5. The molecule has 0 unspecified atom stereocenters. The number of esters is 1. The zero-order valence-corrected chi connectivity index (χ0v) is 10.5. The van der Waals surface area contributed by atoms with Crippen LogP contribution in [-0.2, 0) is 16.1 Å². The van der Waals surface area contributed by atoms with Crippen LogP contribution in [0.2, 0.25) is 0 Å². The fourth-order valence-corrected chi connectivity index (χ4v) is 1.42. The summed E-state index contributed by atoms with van der Waals surface area (Å²) in [4.78, 5) is 17.4. The van der Waals surface area contributed by atoms with Gasteiger partial charge in [0, 0.05) is 12.6 Å². The molecule has 0 fully saturated rings. The van der Waals surface area contributed by atoms with Crippen LogP contribution in [0, 0.1) is 0 Å². The molecule has 1 aromatic heterocycles. The molecule has 1 aromatic rings. The summed E-state index contributed by atoms with van der Waals surface area (Å²) in [6, 6.07) is 5.58. The van der Waals surface area contributed by atoms with Gasteiger partial charge in [-0.3, -0.25) is 9.69 Å². The number of pyridine rings is 1. The summed E-state index contributed by atoms with van der Waals surface area (Å²) in [5.41, 5.74) is 0.870.